The molecule has 2 aromatic carbocycles. The van der Waals surface area contributed by atoms with Gasteiger partial charge >= 0.3 is 5.97 Å². The Morgan fingerprint density at radius 3 is 2.42 bits per heavy atom. The number of rotatable bonds is 11. The van der Waals surface area contributed by atoms with Crippen molar-refractivity contribution in [3.63, 3.8) is 0 Å². The number of unbranched alkanes of at least 4 members (excludes halogenated alkanes) is 3. The number of benzene rings is 2. The molecule has 0 aromatic heterocycles. The van der Waals surface area contributed by atoms with E-state index in [2.05, 4.69) is 36.1 Å². The Bertz CT molecular complexity index is 1210. The standard InChI is InChI=1S/C30H31N3O3/c1-3-33(18-8-4-5-9-19-35-23(2)34)26-15-12-24(13-16-26)14-17-27-20-29(25(21-31)22-32)28-10-6-7-11-30(28)36-27/h6-7,10-17,20H,3-5,8-9,18-19H2,1-2H3. The third kappa shape index (κ3) is 7.35. The van der Waals surface area contributed by atoms with Crippen molar-refractivity contribution in [3.05, 3.63) is 83.1 Å². The number of hydrogen-bond donors (Lipinski definition) is 0. The number of nitriles is 2. The van der Waals surface area contributed by atoms with Crippen molar-refractivity contribution < 1.29 is 14.3 Å². The highest BCUT2D eigenvalue weighted by molar-refractivity contribution is 5.87. The number of ether oxygens (including phenoxy) is 2. The zero-order valence-corrected chi connectivity index (χ0v) is 20.9. The lowest BCUT2D eigenvalue weighted by Crippen LogP contribution is -2.23. The first-order chi connectivity index (χ1) is 17.5. The molecule has 0 amide bonds. The van der Waals surface area contributed by atoms with Gasteiger partial charge in [-0.2, -0.15) is 10.5 Å². The Hall–Kier alpha value is -4.29. The molecule has 0 atom stereocenters. The van der Waals surface area contributed by atoms with Crippen molar-refractivity contribution in [2.75, 3.05) is 24.6 Å². The van der Waals surface area contributed by atoms with Gasteiger partial charge in [-0.1, -0.05) is 42.8 Å². The van der Waals surface area contributed by atoms with Gasteiger partial charge in [0, 0.05) is 36.8 Å². The number of carbonyl (C=O) groups is 1. The number of allylic oxidation sites excluding steroid dienone is 4. The number of nitrogens with zero attached hydrogens (tertiary/aromatic N) is 3. The van der Waals surface area contributed by atoms with Crippen LogP contribution in [0.4, 0.5) is 5.69 Å². The molecule has 3 rings (SSSR count). The van der Waals surface area contributed by atoms with E-state index < -0.39 is 0 Å². The largest absolute Gasteiger partial charge is 0.466 e. The van der Waals surface area contributed by atoms with Gasteiger partial charge in [0.2, 0.25) is 0 Å². The molecular formula is C30H31N3O3. The van der Waals surface area contributed by atoms with E-state index in [4.69, 9.17) is 9.47 Å². The second-order valence-electron chi connectivity index (χ2n) is 8.42. The number of anilines is 1. The molecule has 2 aromatic rings. The minimum Gasteiger partial charge on any atom is -0.466 e. The highest BCUT2D eigenvalue weighted by Gasteiger charge is 2.18. The van der Waals surface area contributed by atoms with Crippen molar-refractivity contribution in [1.82, 2.24) is 0 Å². The fourth-order valence-corrected chi connectivity index (χ4v) is 4.01. The number of para-hydroxylation sites is 1. The number of carbonyl (C=O) groups excluding carboxylic acids is 1. The molecule has 0 saturated heterocycles. The predicted octanol–water partition coefficient (Wildman–Crippen LogP) is 6.43. The molecule has 0 saturated carbocycles. The maximum Gasteiger partial charge on any atom is 0.302 e. The second-order valence-corrected chi connectivity index (χ2v) is 8.42. The second kappa shape index (κ2) is 13.6. The maximum atomic E-state index is 10.8. The molecule has 6 heteroatoms. The van der Waals surface area contributed by atoms with E-state index in [1.807, 2.05) is 48.6 Å². The molecule has 0 unspecified atom stereocenters. The first kappa shape index (κ1) is 26.3. The molecule has 1 aliphatic heterocycles. The Morgan fingerprint density at radius 1 is 1.00 bits per heavy atom. The molecular weight excluding hydrogens is 450 g/mol. The van der Waals surface area contributed by atoms with Crippen molar-refractivity contribution >= 4 is 23.3 Å². The molecule has 6 nitrogen and oxygen atoms in total. The van der Waals surface area contributed by atoms with Gasteiger partial charge in [-0.3, -0.25) is 4.79 Å². The fraction of sp³-hybridized carbons (Fsp3) is 0.300. The van der Waals surface area contributed by atoms with Crippen molar-refractivity contribution in [1.29, 1.82) is 10.5 Å². The average Bonchev–Trinajstić information content (AvgIpc) is 2.90. The summed E-state index contributed by atoms with van der Waals surface area (Å²) in [5, 5.41) is 18.7. The predicted molar refractivity (Wildman–Crippen MR) is 142 cm³/mol. The summed E-state index contributed by atoms with van der Waals surface area (Å²) in [6, 6.07) is 19.7. The highest BCUT2D eigenvalue weighted by Crippen LogP contribution is 2.35. The summed E-state index contributed by atoms with van der Waals surface area (Å²) in [5.74, 6) is 0.977. The van der Waals surface area contributed by atoms with Crippen LogP contribution in [0.2, 0.25) is 0 Å². The van der Waals surface area contributed by atoms with E-state index in [9.17, 15) is 15.3 Å². The lowest BCUT2D eigenvalue weighted by molar-refractivity contribution is -0.141. The third-order valence-corrected chi connectivity index (χ3v) is 5.89. The van der Waals surface area contributed by atoms with Crippen LogP contribution in [0.1, 0.15) is 50.7 Å². The average molecular weight is 482 g/mol. The zero-order chi connectivity index (χ0) is 25.8. The van der Waals surface area contributed by atoms with Crippen LogP contribution in [0.25, 0.3) is 11.6 Å². The normalized spacial score (nSPS) is 12.1. The van der Waals surface area contributed by atoms with Crippen molar-refractivity contribution in [2.45, 2.75) is 39.5 Å². The molecule has 0 N–H and O–H groups in total. The van der Waals surface area contributed by atoms with Crippen LogP contribution >= 0.6 is 0 Å². The van der Waals surface area contributed by atoms with Crippen molar-refractivity contribution in [3.8, 4) is 17.9 Å². The van der Waals surface area contributed by atoms with E-state index in [-0.39, 0.29) is 11.5 Å². The smallest absolute Gasteiger partial charge is 0.302 e. The monoisotopic (exact) mass is 481 g/mol. The minimum absolute atomic E-state index is 0.0602. The molecule has 1 aliphatic rings. The lowest BCUT2D eigenvalue weighted by Gasteiger charge is -2.23. The van der Waals surface area contributed by atoms with Crippen LogP contribution < -0.4 is 9.64 Å². The van der Waals surface area contributed by atoms with E-state index in [1.165, 1.54) is 12.6 Å². The van der Waals surface area contributed by atoms with Gasteiger partial charge in [-0.25, -0.2) is 0 Å². The Labute approximate surface area is 213 Å². The molecule has 0 radical (unpaired) electrons. The van der Waals surface area contributed by atoms with Gasteiger partial charge in [0.05, 0.1) is 6.61 Å². The summed E-state index contributed by atoms with van der Waals surface area (Å²) in [6.45, 7) is 6.01. The van der Waals surface area contributed by atoms with E-state index in [1.54, 1.807) is 6.08 Å². The molecule has 1 heterocycles. The Balaban J connectivity index is 1.61. The summed E-state index contributed by atoms with van der Waals surface area (Å²) < 4.78 is 11.0. The summed E-state index contributed by atoms with van der Waals surface area (Å²) in [4.78, 5) is 13.2. The molecule has 184 valence electrons. The van der Waals surface area contributed by atoms with Crippen LogP contribution in [0.5, 0.6) is 5.75 Å². The van der Waals surface area contributed by atoms with Gasteiger partial charge in [0.1, 0.15) is 29.2 Å². The molecule has 0 fully saturated rings. The summed E-state index contributed by atoms with van der Waals surface area (Å²) in [7, 11) is 0. The summed E-state index contributed by atoms with van der Waals surface area (Å²) >= 11 is 0. The summed E-state index contributed by atoms with van der Waals surface area (Å²) in [5.41, 5.74) is 3.57. The topological polar surface area (TPSA) is 86.4 Å². The van der Waals surface area contributed by atoms with Crippen LogP contribution in [0.3, 0.4) is 0 Å². The first-order valence-electron chi connectivity index (χ1n) is 12.3. The van der Waals surface area contributed by atoms with Crippen LogP contribution in [-0.4, -0.2) is 25.7 Å². The van der Waals surface area contributed by atoms with E-state index in [0.29, 0.717) is 23.7 Å². The van der Waals surface area contributed by atoms with Gasteiger partial charge in [0.15, 0.2) is 0 Å². The molecule has 0 bridgehead atoms. The van der Waals surface area contributed by atoms with Crippen LogP contribution in [-0.2, 0) is 9.53 Å². The van der Waals surface area contributed by atoms with Gasteiger partial charge in [-0.15, -0.1) is 0 Å². The van der Waals surface area contributed by atoms with Gasteiger partial charge in [0.25, 0.3) is 0 Å². The third-order valence-electron chi connectivity index (χ3n) is 5.89. The van der Waals surface area contributed by atoms with Gasteiger partial charge < -0.3 is 14.4 Å². The SMILES string of the molecule is CCN(CCCCCCOC(C)=O)c1ccc(C=CC2=CC(=C(C#N)C#N)c3ccccc3O2)cc1. The summed E-state index contributed by atoms with van der Waals surface area (Å²) in [6.07, 6.45) is 9.70. The van der Waals surface area contributed by atoms with Crippen LogP contribution in [0, 0.1) is 22.7 Å². The molecule has 0 spiro atoms. The maximum absolute atomic E-state index is 10.8. The van der Waals surface area contributed by atoms with E-state index in [0.717, 1.165) is 49.9 Å². The number of esters is 1. The first-order valence-corrected chi connectivity index (χ1v) is 12.3. The van der Waals surface area contributed by atoms with Crippen molar-refractivity contribution in [2.24, 2.45) is 0 Å². The Morgan fingerprint density at radius 2 is 1.72 bits per heavy atom. The minimum atomic E-state index is -0.215. The fourth-order valence-electron chi connectivity index (χ4n) is 4.01. The highest BCUT2D eigenvalue weighted by atomic mass is 16.5. The quantitative estimate of drug-likeness (QED) is 0.209. The van der Waals surface area contributed by atoms with Gasteiger partial charge in [-0.05, 0) is 62.1 Å². The number of fused-ring (bicyclic) bond motifs is 1. The van der Waals surface area contributed by atoms with Crippen LogP contribution in [0.15, 0.2) is 72.0 Å². The molecule has 0 aliphatic carbocycles. The van der Waals surface area contributed by atoms with E-state index >= 15 is 0 Å². The lowest BCUT2D eigenvalue weighted by atomic mass is 9.97. The zero-order valence-electron chi connectivity index (χ0n) is 20.9. The Kier molecular flexibility index (Phi) is 9.91. The molecule has 36 heavy (non-hydrogen) atoms. The number of hydrogen-bond acceptors (Lipinski definition) is 6.